The first-order valence-electron chi connectivity index (χ1n) is 13.0. The normalized spacial score (nSPS) is 25.8. The average Bonchev–Trinajstić information content (AvgIpc) is 3.21. The van der Waals surface area contributed by atoms with Crippen LogP contribution in [0.5, 0.6) is 0 Å². The second-order valence-corrected chi connectivity index (χ2v) is 11.3. The van der Waals surface area contributed by atoms with Crippen LogP contribution in [0.3, 0.4) is 0 Å². The molecule has 4 amide bonds. The molecule has 0 bridgehead atoms. The van der Waals surface area contributed by atoms with Crippen molar-refractivity contribution in [3.63, 3.8) is 0 Å². The fourth-order valence-electron chi connectivity index (χ4n) is 7.06. The van der Waals surface area contributed by atoms with Crippen LogP contribution in [0.2, 0.25) is 0 Å². The smallest absolute Gasteiger partial charge is 0.241 e. The summed E-state index contributed by atoms with van der Waals surface area (Å²) < 4.78 is 0. The van der Waals surface area contributed by atoms with E-state index in [1.807, 2.05) is 78.8 Å². The molecule has 0 saturated carbocycles. The van der Waals surface area contributed by atoms with E-state index < -0.39 is 17.8 Å². The van der Waals surface area contributed by atoms with Crippen molar-refractivity contribution < 1.29 is 19.2 Å². The molecule has 0 aromatic heterocycles. The molecular formula is C31H34N2O4. The number of amides is 4. The fraction of sp³-hybridized carbons (Fsp3) is 0.419. The number of rotatable bonds is 3. The first kappa shape index (κ1) is 25.1. The molecule has 0 spiro atoms. The molecule has 4 atom stereocenters. The Labute approximate surface area is 218 Å². The van der Waals surface area contributed by atoms with Gasteiger partial charge in [0.15, 0.2) is 0 Å². The molecule has 6 heteroatoms. The number of aryl methyl sites for hydroxylation is 6. The van der Waals surface area contributed by atoms with Gasteiger partial charge in [0.05, 0.1) is 29.1 Å². The lowest BCUT2D eigenvalue weighted by Crippen LogP contribution is -2.35. The SMILES string of the molecule is CC1=CC(C2CC(=O)N(c3c(C)cc(C)cc3C)C2=O)CC2C(=O)N(c3c(C)cc(C)cc3C)C(=O)C12. The van der Waals surface area contributed by atoms with Crippen molar-refractivity contribution in [1.82, 2.24) is 0 Å². The lowest BCUT2D eigenvalue weighted by molar-refractivity contribution is -0.125. The van der Waals surface area contributed by atoms with Gasteiger partial charge < -0.3 is 0 Å². The summed E-state index contributed by atoms with van der Waals surface area (Å²) in [5.74, 6) is -2.68. The maximum absolute atomic E-state index is 13.7. The molecule has 192 valence electrons. The van der Waals surface area contributed by atoms with E-state index in [0.29, 0.717) is 17.8 Å². The maximum Gasteiger partial charge on any atom is 0.241 e. The zero-order valence-corrected chi connectivity index (χ0v) is 22.6. The highest BCUT2D eigenvalue weighted by atomic mass is 16.2. The van der Waals surface area contributed by atoms with Crippen LogP contribution in [-0.4, -0.2) is 23.6 Å². The van der Waals surface area contributed by atoms with Crippen LogP contribution in [0.4, 0.5) is 11.4 Å². The molecule has 0 N–H and O–H groups in total. The van der Waals surface area contributed by atoms with Crippen LogP contribution in [0.25, 0.3) is 0 Å². The molecule has 6 nitrogen and oxygen atoms in total. The van der Waals surface area contributed by atoms with Gasteiger partial charge in [-0.1, -0.05) is 47.0 Å². The van der Waals surface area contributed by atoms with Gasteiger partial charge in [-0.25, -0.2) is 9.80 Å². The predicted octanol–water partition coefficient (Wildman–Crippen LogP) is 5.19. The van der Waals surface area contributed by atoms with Crippen molar-refractivity contribution >= 4 is 35.0 Å². The number of benzene rings is 2. The Morgan fingerprint density at radius 1 is 0.622 bits per heavy atom. The van der Waals surface area contributed by atoms with Crippen LogP contribution in [0.15, 0.2) is 35.9 Å². The van der Waals surface area contributed by atoms with Gasteiger partial charge in [0.1, 0.15) is 0 Å². The van der Waals surface area contributed by atoms with Crippen molar-refractivity contribution in [2.75, 3.05) is 9.80 Å². The Hall–Kier alpha value is -3.54. The van der Waals surface area contributed by atoms with E-state index in [4.69, 9.17) is 0 Å². The molecule has 2 aromatic carbocycles. The monoisotopic (exact) mass is 498 g/mol. The summed E-state index contributed by atoms with van der Waals surface area (Å²) in [7, 11) is 0. The summed E-state index contributed by atoms with van der Waals surface area (Å²) in [6.45, 7) is 13.6. The second kappa shape index (κ2) is 8.79. The van der Waals surface area contributed by atoms with E-state index in [-0.39, 0.29) is 36.0 Å². The number of carbonyl (C=O) groups is 4. The molecule has 5 rings (SSSR count). The Morgan fingerprint density at radius 2 is 1.08 bits per heavy atom. The van der Waals surface area contributed by atoms with Crippen LogP contribution < -0.4 is 9.80 Å². The van der Waals surface area contributed by atoms with E-state index in [2.05, 4.69) is 0 Å². The standard InChI is InChI=1S/C31H34N2O4/c1-15-8-18(4)27(19(5)9-15)32-25(34)14-23(29(32)35)22-12-17(3)26-24(13-22)30(36)33(31(26)37)28-20(6)10-16(2)11-21(28)7/h8-12,22-24,26H,13-14H2,1-7H3. The maximum atomic E-state index is 13.7. The highest BCUT2D eigenvalue weighted by molar-refractivity contribution is 6.24. The summed E-state index contributed by atoms with van der Waals surface area (Å²) in [4.78, 5) is 56.8. The van der Waals surface area contributed by atoms with E-state index in [0.717, 1.165) is 39.0 Å². The van der Waals surface area contributed by atoms with Gasteiger partial charge in [0.2, 0.25) is 23.6 Å². The van der Waals surface area contributed by atoms with Crippen LogP contribution in [0.1, 0.15) is 53.1 Å². The van der Waals surface area contributed by atoms with Gasteiger partial charge in [0, 0.05) is 6.42 Å². The Morgan fingerprint density at radius 3 is 1.59 bits per heavy atom. The predicted molar refractivity (Wildman–Crippen MR) is 143 cm³/mol. The molecule has 2 saturated heterocycles. The van der Waals surface area contributed by atoms with Gasteiger partial charge in [-0.15, -0.1) is 0 Å². The summed E-state index contributed by atoms with van der Waals surface area (Å²) in [5, 5.41) is 0. The van der Waals surface area contributed by atoms with Gasteiger partial charge in [-0.05, 0) is 83.1 Å². The molecule has 2 aromatic rings. The summed E-state index contributed by atoms with van der Waals surface area (Å²) in [6, 6.07) is 7.95. The topological polar surface area (TPSA) is 74.8 Å². The molecule has 2 fully saturated rings. The summed E-state index contributed by atoms with van der Waals surface area (Å²) >= 11 is 0. The minimum Gasteiger partial charge on any atom is -0.274 e. The number of allylic oxidation sites excluding steroid dienone is 1. The number of hydrogen-bond acceptors (Lipinski definition) is 4. The number of fused-ring (bicyclic) bond motifs is 1. The van der Waals surface area contributed by atoms with Crippen molar-refractivity contribution in [1.29, 1.82) is 0 Å². The number of nitrogens with zero attached hydrogens (tertiary/aromatic N) is 2. The van der Waals surface area contributed by atoms with Crippen molar-refractivity contribution in [3.05, 3.63) is 69.3 Å². The van der Waals surface area contributed by atoms with E-state index in [1.165, 1.54) is 9.80 Å². The molecule has 3 aliphatic rings. The third-order valence-electron chi connectivity index (χ3n) is 8.34. The molecule has 0 radical (unpaired) electrons. The largest absolute Gasteiger partial charge is 0.274 e. The third-order valence-corrected chi connectivity index (χ3v) is 8.34. The van der Waals surface area contributed by atoms with E-state index in [9.17, 15) is 19.2 Å². The molecule has 37 heavy (non-hydrogen) atoms. The highest BCUT2D eigenvalue weighted by Gasteiger charge is 2.54. The quantitative estimate of drug-likeness (QED) is 0.431. The van der Waals surface area contributed by atoms with E-state index >= 15 is 0 Å². The van der Waals surface area contributed by atoms with Crippen molar-refractivity contribution in [2.45, 2.75) is 61.3 Å². The van der Waals surface area contributed by atoms with Crippen molar-refractivity contribution in [3.8, 4) is 0 Å². The average molecular weight is 499 g/mol. The van der Waals surface area contributed by atoms with Crippen molar-refractivity contribution in [2.24, 2.45) is 23.7 Å². The number of anilines is 2. The summed E-state index contributed by atoms with van der Waals surface area (Å²) in [6.07, 6.45) is 2.47. The lowest BCUT2D eigenvalue weighted by atomic mass is 9.71. The Balaban J connectivity index is 1.46. The minimum absolute atomic E-state index is 0.111. The molecule has 2 heterocycles. The van der Waals surface area contributed by atoms with Gasteiger partial charge in [-0.2, -0.15) is 0 Å². The zero-order chi connectivity index (χ0) is 26.9. The van der Waals surface area contributed by atoms with E-state index in [1.54, 1.807) is 0 Å². The van der Waals surface area contributed by atoms with Gasteiger partial charge in [0.25, 0.3) is 0 Å². The first-order valence-corrected chi connectivity index (χ1v) is 13.0. The lowest BCUT2D eigenvalue weighted by Gasteiger charge is -2.30. The zero-order valence-electron chi connectivity index (χ0n) is 22.6. The number of carbonyl (C=O) groups excluding carboxylic acids is 4. The second-order valence-electron chi connectivity index (χ2n) is 11.3. The Bertz CT molecular complexity index is 1370. The highest BCUT2D eigenvalue weighted by Crippen LogP contribution is 2.47. The summed E-state index contributed by atoms with van der Waals surface area (Å²) in [5.41, 5.74) is 7.89. The third kappa shape index (κ3) is 3.85. The molecule has 1 aliphatic carbocycles. The number of hydrogen-bond donors (Lipinski definition) is 0. The molecular weight excluding hydrogens is 464 g/mol. The fourth-order valence-corrected chi connectivity index (χ4v) is 7.06. The Kier molecular flexibility index (Phi) is 5.97. The van der Waals surface area contributed by atoms with Crippen LogP contribution >= 0.6 is 0 Å². The van der Waals surface area contributed by atoms with Gasteiger partial charge in [-0.3, -0.25) is 19.2 Å². The first-order chi connectivity index (χ1) is 17.4. The number of imide groups is 2. The minimum atomic E-state index is -0.539. The van der Waals surface area contributed by atoms with Crippen LogP contribution in [-0.2, 0) is 19.2 Å². The van der Waals surface area contributed by atoms with Gasteiger partial charge >= 0.3 is 0 Å². The van der Waals surface area contributed by atoms with Crippen LogP contribution in [0, 0.1) is 65.2 Å². The molecule has 4 unspecified atom stereocenters. The molecule has 2 aliphatic heterocycles.